The van der Waals surface area contributed by atoms with Crippen molar-refractivity contribution in [3.63, 3.8) is 0 Å². The number of likely N-dealkylation sites (tertiary alicyclic amines) is 1. The highest BCUT2D eigenvalue weighted by Gasteiger charge is 2.68. The van der Waals surface area contributed by atoms with E-state index >= 15 is 0 Å². The molecule has 1 amide bonds. The summed E-state index contributed by atoms with van der Waals surface area (Å²) in [4.78, 5) is 12.9. The van der Waals surface area contributed by atoms with Gasteiger partial charge in [-0.25, -0.2) is 4.79 Å². The third-order valence-electron chi connectivity index (χ3n) is 3.66. The van der Waals surface area contributed by atoms with Crippen molar-refractivity contribution >= 4 is 6.09 Å². The van der Waals surface area contributed by atoms with Crippen LogP contribution in [0, 0.1) is 5.92 Å². The van der Waals surface area contributed by atoms with Crippen molar-refractivity contribution in [3.05, 3.63) is 0 Å². The lowest BCUT2D eigenvalue weighted by molar-refractivity contribution is -0.277. The number of ether oxygens (including phenoxy) is 1. The van der Waals surface area contributed by atoms with E-state index in [0.29, 0.717) is 0 Å². The second-order valence-electron chi connectivity index (χ2n) is 6.38. The van der Waals surface area contributed by atoms with Crippen LogP contribution in [0.15, 0.2) is 0 Å². The molecule has 2 rings (SSSR count). The van der Waals surface area contributed by atoms with Crippen LogP contribution in [0.25, 0.3) is 0 Å². The zero-order valence-corrected chi connectivity index (χ0v) is 11.1. The smallest absolute Gasteiger partial charge is 0.419 e. The molecule has 1 aliphatic heterocycles. The number of piperidine rings is 1. The molecule has 7 heteroatoms. The van der Waals surface area contributed by atoms with E-state index in [1.165, 1.54) is 0 Å². The van der Waals surface area contributed by atoms with E-state index in [0.717, 1.165) is 4.90 Å². The first-order chi connectivity index (χ1) is 8.44. The number of hydrogen-bond donors (Lipinski definition) is 1. The maximum Gasteiger partial charge on any atom is 0.419 e. The molecule has 1 N–H and O–H groups in total. The van der Waals surface area contributed by atoms with E-state index in [2.05, 4.69) is 0 Å². The molecule has 0 spiro atoms. The quantitative estimate of drug-likeness (QED) is 0.741. The number of aliphatic hydroxyl groups is 1. The minimum atomic E-state index is -4.73. The predicted octanol–water partition coefficient (Wildman–Crippen LogP) is 2.31. The molecule has 0 radical (unpaired) electrons. The van der Waals surface area contributed by atoms with Crippen LogP contribution in [0.3, 0.4) is 0 Å². The first-order valence-corrected chi connectivity index (χ1v) is 6.23. The van der Waals surface area contributed by atoms with Crippen LogP contribution < -0.4 is 0 Å². The zero-order chi connectivity index (χ0) is 14.6. The summed E-state index contributed by atoms with van der Waals surface area (Å²) >= 11 is 0. The van der Waals surface area contributed by atoms with E-state index < -0.39 is 29.5 Å². The van der Waals surface area contributed by atoms with E-state index in [1.807, 2.05) is 0 Å². The standard InChI is InChI=1S/C12H18F3NO3/c1-10(2,3)19-9(17)16-6-7-4-8(16)11(18,5-7)12(13,14)15/h7-8,18H,4-6H2,1-3H3/t7-,8+,11+/m1/s1. The summed E-state index contributed by atoms with van der Waals surface area (Å²) in [6.45, 7) is 5.16. The van der Waals surface area contributed by atoms with E-state index in [-0.39, 0.29) is 25.3 Å². The largest absolute Gasteiger partial charge is 0.444 e. The Bertz CT molecular complexity index is 391. The minimum Gasteiger partial charge on any atom is -0.444 e. The molecule has 2 fully saturated rings. The van der Waals surface area contributed by atoms with Crippen molar-refractivity contribution in [1.29, 1.82) is 0 Å². The fourth-order valence-electron chi connectivity index (χ4n) is 2.93. The average Bonchev–Trinajstić information content (AvgIpc) is 2.70. The van der Waals surface area contributed by atoms with Gasteiger partial charge in [0, 0.05) is 6.54 Å². The Balaban J connectivity index is 2.17. The van der Waals surface area contributed by atoms with Gasteiger partial charge < -0.3 is 14.7 Å². The summed E-state index contributed by atoms with van der Waals surface area (Å²) in [7, 11) is 0. The first-order valence-electron chi connectivity index (χ1n) is 6.23. The van der Waals surface area contributed by atoms with Gasteiger partial charge in [-0.15, -0.1) is 0 Å². The van der Waals surface area contributed by atoms with Crippen molar-refractivity contribution in [2.45, 2.75) is 57.0 Å². The molecule has 4 nitrogen and oxygen atoms in total. The van der Waals surface area contributed by atoms with Gasteiger partial charge in [-0.1, -0.05) is 0 Å². The number of carbonyl (C=O) groups excluding carboxylic acids is 1. The molecule has 1 saturated heterocycles. The van der Waals surface area contributed by atoms with Gasteiger partial charge in [-0.05, 0) is 39.5 Å². The summed E-state index contributed by atoms with van der Waals surface area (Å²) in [5.74, 6) is -0.316. The third-order valence-corrected chi connectivity index (χ3v) is 3.66. The second-order valence-corrected chi connectivity index (χ2v) is 6.38. The second kappa shape index (κ2) is 4.01. The number of hydrogen-bond acceptors (Lipinski definition) is 3. The highest BCUT2D eigenvalue weighted by molar-refractivity contribution is 5.69. The SMILES string of the molecule is CC(C)(C)OC(=O)N1C[C@@H]2C[C@H]1[C@](O)(C(F)(F)F)C2. The summed E-state index contributed by atoms with van der Waals surface area (Å²) in [5, 5.41) is 9.86. The van der Waals surface area contributed by atoms with Crippen LogP contribution >= 0.6 is 0 Å². The highest BCUT2D eigenvalue weighted by Crippen LogP contribution is 2.52. The number of alkyl halides is 3. The van der Waals surface area contributed by atoms with Gasteiger partial charge in [0.05, 0.1) is 6.04 Å². The Kier molecular flexibility index (Phi) is 3.04. The maximum absolute atomic E-state index is 12.9. The normalized spacial score (nSPS) is 34.8. The Hall–Kier alpha value is -0.980. The summed E-state index contributed by atoms with van der Waals surface area (Å²) in [5.41, 5.74) is -3.57. The number of halogens is 3. The molecular formula is C12H18F3NO3. The Morgan fingerprint density at radius 1 is 1.37 bits per heavy atom. The molecule has 0 aromatic carbocycles. The predicted molar refractivity (Wildman–Crippen MR) is 60.5 cm³/mol. The monoisotopic (exact) mass is 281 g/mol. The number of fused-ring (bicyclic) bond motifs is 2. The molecular weight excluding hydrogens is 263 g/mol. The van der Waals surface area contributed by atoms with Gasteiger partial charge in [0.1, 0.15) is 5.60 Å². The van der Waals surface area contributed by atoms with Crippen LogP contribution in [0.5, 0.6) is 0 Å². The molecule has 1 saturated carbocycles. The van der Waals surface area contributed by atoms with Crippen LogP contribution in [-0.2, 0) is 4.74 Å². The molecule has 0 aromatic rings. The summed E-state index contributed by atoms with van der Waals surface area (Å²) in [6, 6.07) is -1.23. The number of amides is 1. The van der Waals surface area contributed by atoms with Crippen LogP contribution in [0.4, 0.5) is 18.0 Å². The number of rotatable bonds is 0. The topological polar surface area (TPSA) is 49.8 Å². The minimum absolute atomic E-state index is 0.176. The van der Waals surface area contributed by atoms with Crippen LogP contribution in [-0.4, -0.2) is 46.1 Å². The van der Waals surface area contributed by atoms with Gasteiger partial charge in [0.25, 0.3) is 0 Å². The molecule has 110 valence electrons. The van der Waals surface area contributed by atoms with Gasteiger partial charge in [0.15, 0.2) is 5.60 Å². The van der Waals surface area contributed by atoms with Crippen molar-refractivity contribution in [3.8, 4) is 0 Å². The van der Waals surface area contributed by atoms with Crippen molar-refractivity contribution < 1.29 is 27.8 Å². The lowest BCUT2D eigenvalue weighted by atomic mass is 9.92. The van der Waals surface area contributed by atoms with Gasteiger partial charge in [0.2, 0.25) is 0 Å². The van der Waals surface area contributed by atoms with Crippen LogP contribution in [0.2, 0.25) is 0 Å². The van der Waals surface area contributed by atoms with E-state index in [9.17, 15) is 23.1 Å². The van der Waals surface area contributed by atoms with Crippen molar-refractivity contribution in [2.24, 2.45) is 5.92 Å². The maximum atomic E-state index is 12.9. The van der Waals surface area contributed by atoms with Crippen molar-refractivity contribution in [1.82, 2.24) is 4.90 Å². The Morgan fingerprint density at radius 2 is 1.95 bits per heavy atom. The number of nitrogens with zero attached hydrogens (tertiary/aromatic N) is 1. The molecule has 2 bridgehead atoms. The lowest BCUT2D eigenvalue weighted by Crippen LogP contribution is -2.60. The highest BCUT2D eigenvalue weighted by atomic mass is 19.4. The fourth-order valence-corrected chi connectivity index (χ4v) is 2.93. The average molecular weight is 281 g/mol. The van der Waals surface area contributed by atoms with Gasteiger partial charge in [-0.3, -0.25) is 0 Å². The lowest BCUT2D eigenvalue weighted by Gasteiger charge is -2.40. The van der Waals surface area contributed by atoms with Gasteiger partial charge in [-0.2, -0.15) is 13.2 Å². The molecule has 19 heavy (non-hydrogen) atoms. The molecule has 2 aliphatic rings. The zero-order valence-electron chi connectivity index (χ0n) is 11.1. The third kappa shape index (κ3) is 2.40. The van der Waals surface area contributed by atoms with E-state index in [4.69, 9.17) is 4.74 Å². The molecule has 3 atom stereocenters. The van der Waals surface area contributed by atoms with Crippen LogP contribution in [0.1, 0.15) is 33.6 Å². The summed E-state index contributed by atoms with van der Waals surface area (Å²) < 4.78 is 43.9. The molecule has 0 unspecified atom stereocenters. The molecule has 0 aromatic heterocycles. The Morgan fingerprint density at radius 3 is 2.37 bits per heavy atom. The first kappa shape index (κ1) is 14.4. The Labute approximate surface area is 109 Å². The fraction of sp³-hybridized carbons (Fsp3) is 0.917. The number of carbonyl (C=O) groups is 1. The van der Waals surface area contributed by atoms with Crippen molar-refractivity contribution in [2.75, 3.05) is 6.54 Å². The van der Waals surface area contributed by atoms with E-state index in [1.54, 1.807) is 20.8 Å². The summed E-state index contributed by atoms with van der Waals surface area (Å²) in [6.07, 6.45) is -5.68. The molecule has 1 aliphatic carbocycles. The van der Waals surface area contributed by atoms with Gasteiger partial charge >= 0.3 is 12.3 Å². The molecule has 1 heterocycles.